The summed E-state index contributed by atoms with van der Waals surface area (Å²) >= 11 is 1.58. The normalized spacial score (nSPS) is 11.5. The van der Waals surface area contributed by atoms with E-state index in [0.29, 0.717) is 18.7 Å². The monoisotopic (exact) mass is 800 g/mol. The highest BCUT2D eigenvalue weighted by Crippen LogP contribution is 2.54. The van der Waals surface area contributed by atoms with E-state index in [4.69, 9.17) is 9.72 Å². The van der Waals surface area contributed by atoms with Gasteiger partial charge in [-0.15, -0.1) is 11.3 Å². The lowest BCUT2D eigenvalue weighted by atomic mass is 10.1. The Morgan fingerprint density at radius 1 is 0.745 bits per heavy atom. The van der Waals surface area contributed by atoms with Crippen LogP contribution in [0, 0.1) is 0 Å². The zero-order chi connectivity index (χ0) is 38.0. The first-order chi connectivity index (χ1) is 27.0. The molecule has 1 aromatic heterocycles. The van der Waals surface area contributed by atoms with Crippen molar-refractivity contribution < 1.29 is 14.3 Å². The Hall–Kier alpha value is -4.66. The van der Waals surface area contributed by atoms with Gasteiger partial charge in [-0.25, -0.2) is 9.78 Å². The number of carbonyl (C=O) groups is 2. The van der Waals surface area contributed by atoms with E-state index >= 15 is 0 Å². The van der Waals surface area contributed by atoms with Crippen molar-refractivity contribution in [1.29, 1.82) is 0 Å². The number of hydrogen-bond acceptors (Lipinski definition) is 7. The van der Waals surface area contributed by atoms with Gasteiger partial charge in [0.05, 0.1) is 22.9 Å². The average Bonchev–Trinajstić information content (AvgIpc) is 3.68. The molecule has 55 heavy (non-hydrogen) atoms. The molecule has 0 radical (unpaired) electrons. The Morgan fingerprint density at radius 3 is 2.02 bits per heavy atom. The lowest BCUT2D eigenvalue weighted by molar-refractivity contribution is 0.0956. The maximum atomic E-state index is 13.7. The Bertz CT molecular complexity index is 2280. The van der Waals surface area contributed by atoms with Crippen LogP contribution in [0.3, 0.4) is 0 Å². The molecule has 1 N–H and O–H groups in total. The molecule has 6 aromatic carbocycles. The number of fused-ring (bicyclic) bond motifs is 2. The average molecular weight is 801 g/mol. The van der Waals surface area contributed by atoms with Crippen molar-refractivity contribution in [3.05, 3.63) is 151 Å². The molecule has 0 atom stereocenters. The zero-order valence-corrected chi connectivity index (χ0v) is 34.2. The van der Waals surface area contributed by atoms with Gasteiger partial charge in [-0.1, -0.05) is 101 Å². The number of rotatable bonds is 15. The third-order valence-electron chi connectivity index (χ3n) is 9.47. The van der Waals surface area contributed by atoms with Crippen LogP contribution in [-0.2, 0) is 4.74 Å². The molecule has 0 spiro atoms. The molecule has 0 bridgehead atoms. The van der Waals surface area contributed by atoms with Gasteiger partial charge in [0.2, 0.25) is 0 Å². The second-order valence-electron chi connectivity index (χ2n) is 13.1. The molecule has 6 nitrogen and oxygen atoms in total. The molecule has 7 aromatic rings. The summed E-state index contributed by atoms with van der Waals surface area (Å²) in [6.45, 7) is 3.07. The van der Waals surface area contributed by atoms with Crippen LogP contribution in [0.5, 0.6) is 0 Å². The molecule has 0 unspecified atom stereocenters. The van der Waals surface area contributed by atoms with Gasteiger partial charge >= 0.3 is 6.09 Å². The van der Waals surface area contributed by atoms with Crippen molar-refractivity contribution in [2.75, 3.05) is 42.8 Å². The number of amides is 2. The highest BCUT2D eigenvalue weighted by Gasteiger charge is 2.44. The minimum Gasteiger partial charge on any atom is -0.448 e. The first-order valence-electron chi connectivity index (χ1n) is 18.4. The van der Waals surface area contributed by atoms with Crippen molar-refractivity contribution in [3.63, 3.8) is 0 Å². The van der Waals surface area contributed by atoms with E-state index in [1.165, 1.54) is 15.9 Å². The van der Waals surface area contributed by atoms with Gasteiger partial charge in [0.25, 0.3) is 5.91 Å². The van der Waals surface area contributed by atoms with Gasteiger partial charge < -0.3 is 10.1 Å². The van der Waals surface area contributed by atoms with E-state index in [1.54, 1.807) is 34.1 Å². The van der Waals surface area contributed by atoms with Crippen LogP contribution in [0.4, 0.5) is 10.5 Å². The van der Waals surface area contributed by atoms with Gasteiger partial charge in [0, 0.05) is 35.4 Å². The van der Waals surface area contributed by atoms with Crippen molar-refractivity contribution >= 4 is 94.8 Å². The largest absolute Gasteiger partial charge is 0.448 e. The summed E-state index contributed by atoms with van der Waals surface area (Å²) in [5.41, 5.74) is 3.25. The Morgan fingerprint density at radius 2 is 1.36 bits per heavy atom. The SMILES string of the molecule is CCCSSCCOC(=O)N(C)c1ccc2cc(-c3nc4ccc(C(=O)NCC[P+](c5ccccc5)(c5ccccc5)c5ccccc5)cc4s3)ccc2c1. The third-order valence-corrected chi connectivity index (χ3v) is 17.5. The lowest BCUT2D eigenvalue weighted by Crippen LogP contribution is -2.37. The van der Waals surface area contributed by atoms with E-state index in [1.807, 2.05) is 47.2 Å². The number of hydrogen-bond donors (Lipinski definition) is 1. The summed E-state index contributed by atoms with van der Waals surface area (Å²) in [5, 5.41) is 10.1. The van der Waals surface area contributed by atoms with Crippen LogP contribution in [-0.4, -0.2) is 54.9 Å². The summed E-state index contributed by atoms with van der Waals surface area (Å²) < 4.78 is 6.44. The summed E-state index contributed by atoms with van der Waals surface area (Å²) in [4.78, 5) is 32.8. The molecule has 0 aliphatic heterocycles. The van der Waals surface area contributed by atoms with Crippen LogP contribution in [0.25, 0.3) is 31.6 Å². The third kappa shape index (κ3) is 8.92. The van der Waals surface area contributed by atoms with Gasteiger partial charge in [-0.2, -0.15) is 0 Å². The molecule has 10 heteroatoms. The molecule has 1 heterocycles. The Kier molecular flexibility index (Phi) is 12.9. The first kappa shape index (κ1) is 38.6. The smallest absolute Gasteiger partial charge is 0.414 e. The van der Waals surface area contributed by atoms with Gasteiger partial charge in [-0.3, -0.25) is 9.69 Å². The number of thiazole rings is 1. The van der Waals surface area contributed by atoms with Gasteiger partial charge in [0.15, 0.2) is 0 Å². The fourth-order valence-corrected chi connectivity index (χ4v) is 13.8. The summed E-state index contributed by atoms with van der Waals surface area (Å²) in [5.74, 6) is 1.77. The van der Waals surface area contributed by atoms with Crippen LogP contribution < -0.4 is 26.1 Å². The highest BCUT2D eigenvalue weighted by molar-refractivity contribution is 8.76. The van der Waals surface area contributed by atoms with Gasteiger partial charge in [-0.05, 0) is 90.0 Å². The molecule has 2 amide bonds. The van der Waals surface area contributed by atoms with Crippen molar-refractivity contribution in [3.8, 4) is 10.6 Å². The highest BCUT2D eigenvalue weighted by atomic mass is 33.1. The Labute approximate surface area is 335 Å². The van der Waals surface area contributed by atoms with Gasteiger partial charge in [0.1, 0.15) is 34.8 Å². The molecule has 278 valence electrons. The predicted octanol–water partition coefficient (Wildman–Crippen LogP) is 10.2. The predicted molar refractivity (Wildman–Crippen MR) is 240 cm³/mol. The zero-order valence-electron chi connectivity index (χ0n) is 30.9. The molecule has 0 aliphatic carbocycles. The van der Waals surface area contributed by atoms with E-state index in [9.17, 15) is 9.59 Å². The Balaban J connectivity index is 1.04. The second-order valence-corrected chi connectivity index (χ2v) is 20.4. The molecular formula is C45H43N3O3PS3+. The lowest BCUT2D eigenvalue weighted by Gasteiger charge is -2.27. The maximum absolute atomic E-state index is 13.7. The second kappa shape index (κ2) is 18.3. The van der Waals surface area contributed by atoms with E-state index in [-0.39, 0.29) is 12.0 Å². The number of nitrogens with zero attached hydrogens (tertiary/aromatic N) is 2. The quantitative estimate of drug-likeness (QED) is 0.0633. The van der Waals surface area contributed by atoms with E-state index < -0.39 is 7.26 Å². The summed E-state index contributed by atoms with van der Waals surface area (Å²) in [6.07, 6.45) is 1.57. The summed E-state index contributed by atoms with van der Waals surface area (Å²) in [6, 6.07) is 50.1. The van der Waals surface area contributed by atoms with Crippen molar-refractivity contribution in [1.82, 2.24) is 10.3 Å². The van der Waals surface area contributed by atoms with E-state index in [2.05, 4.69) is 121 Å². The number of carbonyl (C=O) groups excluding carboxylic acids is 2. The van der Waals surface area contributed by atoms with Crippen molar-refractivity contribution in [2.45, 2.75) is 13.3 Å². The topological polar surface area (TPSA) is 71.5 Å². The molecular weight excluding hydrogens is 758 g/mol. The van der Waals surface area contributed by atoms with Crippen LogP contribution in [0.15, 0.2) is 146 Å². The number of anilines is 1. The van der Waals surface area contributed by atoms with Crippen LogP contribution in [0.1, 0.15) is 23.7 Å². The number of nitrogens with one attached hydrogen (secondary N) is 1. The molecule has 0 fully saturated rings. The summed E-state index contributed by atoms with van der Waals surface area (Å²) in [7, 11) is 3.22. The minimum atomic E-state index is -2.06. The molecule has 7 rings (SSSR count). The fraction of sp³-hybridized carbons (Fsp3) is 0.178. The number of benzene rings is 6. The van der Waals surface area contributed by atoms with E-state index in [0.717, 1.165) is 61.3 Å². The minimum absolute atomic E-state index is 0.0932. The standard InChI is InChI=1S/C45H42N3O3PS3/c1-3-28-53-54-29-26-51-45(50)48(2)37-23-21-33-30-36(20-19-34(33)31-37)44-47-41-24-22-35(32-42(41)55-44)43(49)46-25-27-52(38-13-7-4-8-14-38,39-15-9-5-10-16-39)40-17-11-6-12-18-40/h4-24,30-32H,3,25-29H2,1-2H3/p+1. The molecule has 0 saturated heterocycles. The molecule has 0 aliphatic rings. The van der Waals surface area contributed by atoms with Crippen LogP contribution in [0.2, 0.25) is 0 Å². The number of ether oxygens (including phenoxy) is 1. The first-order valence-corrected chi connectivity index (χ1v) is 23.7. The molecule has 0 saturated carbocycles. The fourth-order valence-electron chi connectivity index (χ4n) is 6.65. The van der Waals surface area contributed by atoms with Crippen LogP contribution >= 0.6 is 40.2 Å². The number of aromatic nitrogens is 1. The van der Waals surface area contributed by atoms with Crippen molar-refractivity contribution in [2.24, 2.45) is 0 Å². The maximum Gasteiger partial charge on any atom is 0.414 e.